The highest BCUT2D eigenvalue weighted by Gasteiger charge is 2.24. The molecule has 0 aromatic rings. The van der Waals surface area contributed by atoms with Crippen molar-refractivity contribution in [1.82, 2.24) is 15.1 Å². The van der Waals surface area contributed by atoms with Crippen molar-refractivity contribution in [3.63, 3.8) is 0 Å². The van der Waals surface area contributed by atoms with E-state index in [-0.39, 0.29) is 12.1 Å². The number of alkyl carbamates (subject to hydrolysis) is 1. The molecule has 6 nitrogen and oxygen atoms in total. The molecule has 0 aliphatic carbocycles. The van der Waals surface area contributed by atoms with Crippen LogP contribution in [0.1, 0.15) is 46.5 Å². The first-order valence-electron chi connectivity index (χ1n) is 7.76. The molecular weight excluding hydrogens is 270 g/mol. The maximum absolute atomic E-state index is 11.7. The van der Waals surface area contributed by atoms with Crippen LogP contribution < -0.4 is 5.32 Å². The summed E-state index contributed by atoms with van der Waals surface area (Å²) >= 11 is 0. The highest BCUT2D eigenvalue weighted by molar-refractivity contribution is 5.76. The molecule has 6 heteroatoms. The van der Waals surface area contributed by atoms with Crippen molar-refractivity contribution in [3.8, 4) is 0 Å². The molecule has 0 bridgehead atoms. The highest BCUT2D eigenvalue weighted by Crippen LogP contribution is 2.09. The van der Waals surface area contributed by atoms with Gasteiger partial charge in [0.1, 0.15) is 5.60 Å². The molecule has 0 unspecified atom stereocenters. The van der Waals surface area contributed by atoms with Crippen molar-refractivity contribution in [1.29, 1.82) is 0 Å². The van der Waals surface area contributed by atoms with Crippen molar-refractivity contribution in [3.05, 3.63) is 0 Å². The van der Waals surface area contributed by atoms with Crippen LogP contribution in [0.25, 0.3) is 0 Å². The van der Waals surface area contributed by atoms with Crippen molar-refractivity contribution in [2.45, 2.75) is 52.1 Å². The second-order valence-electron chi connectivity index (χ2n) is 6.53. The lowest BCUT2D eigenvalue weighted by Crippen LogP contribution is -2.33. The Labute approximate surface area is 127 Å². The topological polar surface area (TPSA) is 61.9 Å². The predicted molar refractivity (Wildman–Crippen MR) is 82.3 cm³/mol. The molecule has 0 spiro atoms. The lowest BCUT2D eigenvalue weighted by Gasteiger charge is -2.19. The third-order valence-corrected chi connectivity index (χ3v) is 3.33. The van der Waals surface area contributed by atoms with E-state index in [1.54, 1.807) is 4.90 Å². The van der Waals surface area contributed by atoms with Crippen LogP contribution in [0.5, 0.6) is 0 Å². The number of nitrogens with one attached hydrogen (secondary N) is 1. The Balaban J connectivity index is 1.96. The smallest absolute Gasteiger partial charge is 0.407 e. The fourth-order valence-corrected chi connectivity index (χ4v) is 2.20. The van der Waals surface area contributed by atoms with Crippen molar-refractivity contribution in [2.24, 2.45) is 0 Å². The van der Waals surface area contributed by atoms with Gasteiger partial charge in [-0.3, -0.25) is 0 Å². The van der Waals surface area contributed by atoms with Gasteiger partial charge in [0, 0.05) is 33.2 Å². The molecule has 0 saturated carbocycles. The molecule has 1 heterocycles. The summed E-state index contributed by atoms with van der Waals surface area (Å²) in [4.78, 5) is 26.7. The average molecular weight is 299 g/mol. The minimum atomic E-state index is -0.445. The predicted octanol–water partition coefficient (Wildman–Crippen LogP) is 2.44. The van der Waals surface area contributed by atoms with Gasteiger partial charge < -0.3 is 19.9 Å². The van der Waals surface area contributed by atoms with E-state index in [9.17, 15) is 9.59 Å². The van der Waals surface area contributed by atoms with Crippen molar-refractivity contribution < 1.29 is 14.3 Å². The number of nitrogens with zero attached hydrogens (tertiary/aromatic N) is 2. The first kappa shape index (κ1) is 17.6. The number of hydrogen-bond donors (Lipinski definition) is 1. The van der Waals surface area contributed by atoms with E-state index in [2.05, 4.69) is 5.32 Å². The van der Waals surface area contributed by atoms with Crippen LogP contribution in [0, 0.1) is 0 Å². The first-order chi connectivity index (χ1) is 9.79. The Kier molecular flexibility index (Phi) is 6.78. The summed E-state index contributed by atoms with van der Waals surface area (Å²) < 4.78 is 5.16. The SMILES string of the molecule is CN1CCN(CCCCCCNC(=O)OC(C)(C)C)C1=O. The summed E-state index contributed by atoms with van der Waals surface area (Å²) in [5, 5.41) is 2.75. The monoisotopic (exact) mass is 299 g/mol. The number of ether oxygens (including phenoxy) is 1. The van der Waals surface area contributed by atoms with Gasteiger partial charge in [0.25, 0.3) is 0 Å². The maximum Gasteiger partial charge on any atom is 0.407 e. The van der Waals surface area contributed by atoms with Crippen molar-refractivity contribution in [2.75, 3.05) is 33.2 Å². The summed E-state index contributed by atoms with van der Waals surface area (Å²) in [5.41, 5.74) is -0.445. The number of urea groups is 1. The maximum atomic E-state index is 11.7. The van der Waals surface area contributed by atoms with Crippen LogP contribution in [-0.2, 0) is 4.74 Å². The second kappa shape index (κ2) is 8.10. The Hall–Kier alpha value is -1.46. The molecule has 0 radical (unpaired) electrons. The first-order valence-corrected chi connectivity index (χ1v) is 7.76. The normalized spacial score (nSPS) is 15.5. The summed E-state index contributed by atoms with van der Waals surface area (Å²) in [6, 6.07) is 0.140. The van der Waals surface area contributed by atoms with E-state index >= 15 is 0 Å². The number of rotatable bonds is 7. The fourth-order valence-electron chi connectivity index (χ4n) is 2.20. The zero-order valence-electron chi connectivity index (χ0n) is 13.8. The molecule has 0 atom stereocenters. The molecule has 0 aromatic heterocycles. The van der Waals surface area contributed by atoms with E-state index in [0.29, 0.717) is 6.54 Å². The molecule has 1 saturated heterocycles. The number of carbonyl (C=O) groups is 2. The Morgan fingerprint density at radius 1 is 1.19 bits per heavy atom. The summed E-state index contributed by atoms with van der Waals surface area (Å²) in [5.74, 6) is 0. The zero-order chi connectivity index (χ0) is 15.9. The van der Waals surface area contributed by atoms with E-state index in [4.69, 9.17) is 4.74 Å². The van der Waals surface area contributed by atoms with E-state index in [0.717, 1.165) is 45.3 Å². The van der Waals surface area contributed by atoms with Crippen LogP contribution in [0.3, 0.4) is 0 Å². The quantitative estimate of drug-likeness (QED) is 0.734. The third-order valence-electron chi connectivity index (χ3n) is 3.33. The number of unbranched alkanes of at least 4 members (excludes halogenated alkanes) is 3. The van der Waals surface area contributed by atoms with Gasteiger partial charge in [-0.05, 0) is 33.6 Å². The van der Waals surface area contributed by atoms with Crippen LogP contribution in [0.15, 0.2) is 0 Å². The Morgan fingerprint density at radius 3 is 2.43 bits per heavy atom. The summed E-state index contributed by atoms with van der Waals surface area (Å²) in [7, 11) is 1.84. The van der Waals surface area contributed by atoms with Gasteiger partial charge in [-0.25, -0.2) is 9.59 Å². The zero-order valence-corrected chi connectivity index (χ0v) is 13.8. The van der Waals surface area contributed by atoms with Gasteiger partial charge in [-0.2, -0.15) is 0 Å². The van der Waals surface area contributed by atoms with Gasteiger partial charge in [0.2, 0.25) is 0 Å². The van der Waals surface area contributed by atoms with E-state index < -0.39 is 5.60 Å². The average Bonchev–Trinajstić information content (AvgIpc) is 2.67. The Morgan fingerprint density at radius 2 is 1.86 bits per heavy atom. The third kappa shape index (κ3) is 7.20. The van der Waals surface area contributed by atoms with E-state index in [1.165, 1.54) is 0 Å². The number of carbonyl (C=O) groups excluding carboxylic acids is 2. The highest BCUT2D eigenvalue weighted by atomic mass is 16.6. The van der Waals surface area contributed by atoms with E-state index in [1.807, 2.05) is 32.7 Å². The van der Waals surface area contributed by atoms with Crippen LogP contribution in [0.4, 0.5) is 9.59 Å². The van der Waals surface area contributed by atoms with Gasteiger partial charge in [0.05, 0.1) is 0 Å². The molecule has 122 valence electrons. The summed E-state index contributed by atoms with van der Waals surface area (Å²) in [6.45, 7) is 8.70. The van der Waals surface area contributed by atoms with Crippen LogP contribution in [-0.4, -0.2) is 60.8 Å². The molecule has 1 rings (SSSR count). The fraction of sp³-hybridized carbons (Fsp3) is 0.867. The molecule has 21 heavy (non-hydrogen) atoms. The van der Waals surface area contributed by atoms with Gasteiger partial charge >= 0.3 is 12.1 Å². The van der Waals surface area contributed by atoms with Gasteiger partial charge in [-0.15, -0.1) is 0 Å². The van der Waals surface area contributed by atoms with Crippen molar-refractivity contribution >= 4 is 12.1 Å². The van der Waals surface area contributed by atoms with Gasteiger partial charge in [0.15, 0.2) is 0 Å². The lowest BCUT2D eigenvalue weighted by molar-refractivity contribution is 0.0527. The van der Waals surface area contributed by atoms with Crippen LogP contribution >= 0.6 is 0 Å². The minimum absolute atomic E-state index is 0.140. The molecule has 1 aliphatic rings. The number of likely N-dealkylation sites (N-methyl/N-ethyl adjacent to an activating group) is 1. The molecule has 1 aliphatic heterocycles. The number of amides is 3. The second-order valence-corrected chi connectivity index (χ2v) is 6.53. The molecule has 3 amide bonds. The molecule has 0 aromatic carbocycles. The molecule has 1 N–H and O–H groups in total. The van der Waals surface area contributed by atoms with Gasteiger partial charge in [-0.1, -0.05) is 12.8 Å². The Bertz CT molecular complexity index is 353. The molecular formula is C15H29N3O3. The largest absolute Gasteiger partial charge is 0.444 e. The lowest BCUT2D eigenvalue weighted by atomic mass is 10.2. The summed E-state index contributed by atoms with van der Waals surface area (Å²) in [6.07, 6.45) is 3.73. The number of hydrogen-bond acceptors (Lipinski definition) is 3. The standard InChI is InChI=1S/C15H29N3O3/c1-15(2,3)21-13(19)16-9-7-5-6-8-10-18-12-11-17(4)14(18)20/h5-12H2,1-4H3,(H,16,19). The minimum Gasteiger partial charge on any atom is -0.444 e. The molecule has 1 fully saturated rings. The van der Waals surface area contributed by atoms with Crippen LogP contribution in [0.2, 0.25) is 0 Å².